The van der Waals surface area contributed by atoms with E-state index in [1.165, 1.54) is 5.56 Å². The van der Waals surface area contributed by atoms with Gasteiger partial charge in [0.15, 0.2) is 0 Å². The van der Waals surface area contributed by atoms with E-state index < -0.39 is 0 Å². The molecule has 0 saturated heterocycles. The van der Waals surface area contributed by atoms with Crippen LogP contribution >= 0.6 is 0 Å². The van der Waals surface area contributed by atoms with Crippen LogP contribution in [-0.2, 0) is 0 Å². The first-order valence-electron chi connectivity index (χ1n) is 4.80. The maximum absolute atomic E-state index is 5.81. The Hall–Kier alpha value is -1.02. The van der Waals surface area contributed by atoms with Crippen LogP contribution in [0.4, 0.5) is 0 Å². The Kier molecular flexibility index (Phi) is 2.23. The molecule has 70 valence electrons. The number of para-hydroxylation sites is 1. The van der Waals surface area contributed by atoms with Gasteiger partial charge in [-0.15, -0.1) is 0 Å². The van der Waals surface area contributed by atoms with Crippen molar-refractivity contribution in [3.8, 4) is 5.75 Å². The molecule has 13 heavy (non-hydrogen) atoms. The van der Waals surface area contributed by atoms with Gasteiger partial charge in [-0.3, -0.25) is 0 Å². The van der Waals surface area contributed by atoms with E-state index >= 15 is 0 Å². The van der Waals surface area contributed by atoms with Gasteiger partial charge in [0, 0.05) is 12.0 Å². The summed E-state index contributed by atoms with van der Waals surface area (Å²) in [6.45, 7) is 2.72. The molecule has 1 aliphatic carbocycles. The van der Waals surface area contributed by atoms with Gasteiger partial charge in [-0.05, 0) is 25.0 Å². The minimum absolute atomic E-state index is 0.349. The van der Waals surface area contributed by atoms with E-state index in [2.05, 4.69) is 6.07 Å². The third-order valence-electron chi connectivity index (χ3n) is 2.46. The lowest BCUT2D eigenvalue weighted by atomic mass is 10.1. The van der Waals surface area contributed by atoms with Crippen LogP contribution in [0, 0.1) is 0 Å². The molecule has 2 atom stereocenters. The fourth-order valence-corrected chi connectivity index (χ4v) is 1.65. The van der Waals surface area contributed by atoms with Gasteiger partial charge in [0.2, 0.25) is 0 Å². The molecular weight excluding hydrogens is 162 g/mol. The molecule has 0 unspecified atom stereocenters. The van der Waals surface area contributed by atoms with Gasteiger partial charge in [0.25, 0.3) is 0 Å². The second-order valence-corrected chi connectivity index (χ2v) is 3.48. The molecule has 0 aromatic heterocycles. The van der Waals surface area contributed by atoms with Crippen molar-refractivity contribution in [1.29, 1.82) is 0 Å². The van der Waals surface area contributed by atoms with Crippen LogP contribution < -0.4 is 10.5 Å². The second-order valence-electron chi connectivity index (χ2n) is 3.48. The van der Waals surface area contributed by atoms with Gasteiger partial charge in [-0.25, -0.2) is 0 Å². The summed E-state index contributed by atoms with van der Waals surface area (Å²) in [5, 5.41) is 0. The Morgan fingerprint density at radius 2 is 2.15 bits per heavy atom. The first-order valence-corrected chi connectivity index (χ1v) is 4.80. The quantitative estimate of drug-likeness (QED) is 0.765. The average molecular weight is 177 g/mol. The van der Waals surface area contributed by atoms with Crippen LogP contribution in [0.15, 0.2) is 24.3 Å². The molecule has 1 aromatic carbocycles. The summed E-state index contributed by atoms with van der Waals surface area (Å²) in [5.74, 6) is 1.53. The van der Waals surface area contributed by atoms with E-state index in [9.17, 15) is 0 Å². The molecule has 0 amide bonds. The van der Waals surface area contributed by atoms with Gasteiger partial charge >= 0.3 is 0 Å². The third kappa shape index (κ3) is 1.68. The summed E-state index contributed by atoms with van der Waals surface area (Å²) in [5.41, 5.74) is 7.08. The molecule has 1 saturated carbocycles. The van der Waals surface area contributed by atoms with Gasteiger partial charge < -0.3 is 10.5 Å². The number of rotatable bonds is 3. The van der Waals surface area contributed by atoms with Crippen molar-refractivity contribution in [3.63, 3.8) is 0 Å². The van der Waals surface area contributed by atoms with E-state index in [0.717, 1.165) is 18.8 Å². The molecule has 2 heteroatoms. The third-order valence-corrected chi connectivity index (χ3v) is 2.46. The second kappa shape index (κ2) is 3.38. The molecule has 1 aliphatic rings. The number of ether oxygens (including phenoxy) is 1. The zero-order valence-electron chi connectivity index (χ0n) is 7.86. The van der Waals surface area contributed by atoms with Crippen molar-refractivity contribution in [3.05, 3.63) is 29.8 Å². The van der Waals surface area contributed by atoms with Crippen molar-refractivity contribution >= 4 is 0 Å². The highest BCUT2D eigenvalue weighted by molar-refractivity contribution is 5.40. The highest BCUT2D eigenvalue weighted by atomic mass is 16.5. The molecule has 0 spiro atoms. The molecular formula is C11H15NO. The highest BCUT2D eigenvalue weighted by Gasteiger charge is 2.36. The normalized spacial score (nSPS) is 25.7. The molecule has 0 bridgehead atoms. The molecule has 0 radical (unpaired) electrons. The predicted molar refractivity (Wildman–Crippen MR) is 52.9 cm³/mol. The largest absolute Gasteiger partial charge is 0.494 e. The number of nitrogens with two attached hydrogens (primary N) is 1. The summed E-state index contributed by atoms with van der Waals surface area (Å²) in [7, 11) is 0. The predicted octanol–water partition coefficient (Wildman–Crippen LogP) is 1.90. The molecule has 0 heterocycles. The van der Waals surface area contributed by atoms with Crippen LogP contribution in [0.25, 0.3) is 0 Å². The molecule has 2 N–H and O–H groups in total. The van der Waals surface area contributed by atoms with Gasteiger partial charge in [0.05, 0.1) is 6.61 Å². The minimum Gasteiger partial charge on any atom is -0.494 e. The Morgan fingerprint density at radius 3 is 2.77 bits per heavy atom. The van der Waals surface area contributed by atoms with E-state index in [-0.39, 0.29) is 0 Å². The van der Waals surface area contributed by atoms with Crippen molar-refractivity contribution in [2.24, 2.45) is 5.73 Å². The van der Waals surface area contributed by atoms with Crippen LogP contribution in [0.1, 0.15) is 24.8 Å². The van der Waals surface area contributed by atoms with E-state index in [0.29, 0.717) is 12.0 Å². The molecule has 1 fully saturated rings. The SMILES string of the molecule is CCOc1ccccc1[C@@H]1C[C@H]1N. The average Bonchev–Trinajstić information content (AvgIpc) is 2.84. The lowest BCUT2D eigenvalue weighted by molar-refractivity contribution is 0.336. The van der Waals surface area contributed by atoms with Crippen molar-refractivity contribution < 1.29 is 4.74 Å². The Labute approximate surface area is 78.7 Å². The zero-order valence-corrected chi connectivity index (χ0v) is 7.86. The lowest BCUT2D eigenvalue weighted by Crippen LogP contribution is -2.02. The fourth-order valence-electron chi connectivity index (χ4n) is 1.65. The Bertz CT molecular complexity index is 298. The summed E-state index contributed by atoms with van der Waals surface area (Å²) in [6, 6.07) is 8.53. The van der Waals surface area contributed by atoms with Gasteiger partial charge in [-0.1, -0.05) is 18.2 Å². The number of benzene rings is 1. The molecule has 2 nitrogen and oxygen atoms in total. The highest BCUT2D eigenvalue weighted by Crippen LogP contribution is 2.43. The maximum Gasteiger partial charge on any atom is 0.122 e. The standard InChI is InChI=1S/C11H15NO/c1-2-13-11-6-4-3-5-8(11)9-7-10(9)12/h3-6,9-10H,2,7,12H2,1H3/t9-,10+/m0/s1. The minimum atomic E-state index is 0.349. The Morgan fingerprint density at radius 1 is 1.46 bits per heavy atom. The topological polar surface area (TPSA) is 35.2 Å². The smallest absolute Gasteiger partial charge is 0.122 e. The van der Waals surface area contributed by atoms with E-state index in [1.807, 2.05) is 25.1 Å². The summed E-state index contributed by atoms with van der Waals surface area (Å²) < 4.78 is 5.53. The molecule has 1 aromatic rings. The van der Waals surface area contributed by atoms with Gasteiger partial charge in [-0.2, -0.15) is 0 Å². The van der Waals surface area contributed by atoms with E-state index in [1.54, 1.807) is 0 Å². The maximum atomic E-state index is 5.81. The lowest BCUT2D eigenvalue weighted by Gasteiger charge is -2.08. The van der Waals surface area contributed by atoms with Crippen molar-refractivity contribution in [1.82, 2.24) is 0 Å². The van der Waals surface area contributed by atoms with Crippen LogP contribution in [0.3, 0.4) is 0 Å². The monoisotopic (exact) mass is 177 g/mol. The van der Waals surface area contributed by atoms with Gasteiger partial charge in [0.1, 0.15) is 5.75 Å². The first kappa shape index (κ1) is 8.57. The zero-order chi connectivity index (χ0) is 9.26. The summed E-state index contributed by atoms with van der Waals surface area (Å²) >= 11 is 0. The van der Waals surface area contributed by atoms with E-state index in [4.69, 9.17) is 10.5 Å². The summed E-state index contributed by atoms with van der Waals surface area (Å²) in [4.78, 5) is 0. The molecule has 2 rings (SSSR count). The van der Waals surface area contributed by atoms with Crippen LogP contribution in [0.2, 0.25) is 0 Å². The number of hydrogen-bond donors (Lipinski definition) is 1. The fraction of sp³-hybridized carbons (Fsp3) is 0.455. The summed E-state index contributed by atoms with van der Waals surface area (Å²) in [6.07, 6.45) is 1.10. The van der Waals surface area contributed by atoms with Crippen molar-refractivity contribution in [2.75, 3.05) is 6.61 Å². The molecule has 0 aliphatic heterocycles. The van der Waals surface area contributed by atoms with Crippen LogP contribution in [-0.4, -0.2) is 12.6 Å². The Balaban J connectivity index is 2.22. The number of hydrogen-bond acceptors (Lipinski definition) is 2. The van der Waals surface area contributed by atoms with Crippen LogP contribution in [0.5, 0.6) is 5.75 Å². The first-order chi connectivity index (χ1) is 6.33. The van der Waals surface area contributed by atoms with Crippen molar-refractivity contribution in [2.45, 2.75) is 25.3 Å².